The Balaban J connectivity index is 1.44. The minimum atomic E-state index is -3.72. The van der Waals surface area contributed by atoms with E-state index in [1.54, 1.807) is 25.5 Å². The van der Waals surface area contributed by atoms with E-state index in [0.717, 1.165) is 16.3 Å². The number of benzene rings is 1. The van der Waals surface area contributed by atoms with Crippen molar-refractivity contribution in [2.45, 2.75) is 11.3 Å². The fourth-order valence-electron chi connectivity index (χ4n) is 2.73. The molecule has 0 radical (unpaired) electrons. The van der Waals surface area contributed by atoms with E-state index in [1.807, 2.05) is 17.5 Å². The van der Waals surface area contributed by atoms with Crippen LogP contribution in [0.5, 0.6) is 0 Å². The fraction of sp³-hybridized carbons (Fsp3) is 0.167. The van der Waals surface area contributed by atoms with Crippen molar-refractivity contribution in [3.63, 3.8) is 0 Å². The Bertz CT molecular complexity index is 1290. The molecular formula is C18H16N4O4S2. The Kier molecular flexibility index (Phi) is 4.84. The maximum atomic E-state index is 12.5. The lowest BCUT2D eigenvalue weighted by Gasteiger charge is -2.06. The number of rotatable bonds is 6. The van der Waals surface area contributed by atoms with E-state index in [4.69, 9.17) is 4.42 Å². The molecule has 144 valence electrons. The third kappa shape index (κ3) is 3.61. The van der Waals surface area contributed by atoms with Crippen molar-refractivity contribution in [2.75, 3.05) is 6.54 Å². The predicted octanol–water partition coefficient (Wildman–Crippen LogP) is 2.17. The van der Waals surface area contributed by atoms with Gasteiger partial charge in [0.05, 0.1) is 16.1 Å². The van der Waals surface area contributed by atoms with Crippen LogP contribution in [-0.4, -0.2) is 29.5 Å². The van der Waals surface area contributed by atoms with E-state index < -0.39 is 15.8 Å². The standard InChI is InChI=1S/C18H16N4O4S2/c1-22-15-3-2-14(10-16(15)26-18(22)23)28(24,25)20-9-6-13-11-27-17(21-13)12-4-7-19-8-5-12/h2-5,7-8,10-11,20H,6,9H2,1H3. The van der Waals surface area contributed by atoms with Crippen LogP contribution in [0, 0.1) is 0 Å². The Morgan fingerprint density at radius 3 is 2.79 bits per heavy atom. The zero-order valence-electron chi connectivity index (χ0n) is 14.8. The van der Waals surface area contributed by atoms with Crippen LogP contribution in [-0.2, 0) is 23.5 Å². The van der Waals surface area contributed by atoms with Gasteiger partial charge in [0.1, 0.15) is 5.01 Å². The number of oxazole rings is 1. The first-order valence-electron chi connectivity index (χ1n) is 8.38. The molecule has 0 saturated carbocycles. The Morgan fingerprint density at radius 1 is 1.21 bits per heavy atom. The molecule has 0 unspecified atom stereocenters. The fourth-order valence-corrected chi connectivity index (χ4v) is 4.63. The van der Waals surface area contributed by atoms with Gasteiger partial charge in [0.25, 0.3) is 0 Å². The number of nitrogens with zero attached hydrogens (tertiary/aromatic N) is 3. The molecule has 3 aromatic heterocycles. The molecule has 0 saturated heterocycles. The van der Waals surface area contributed by atoms with E-state index in [2.05, 4.69) is 14.7 Å². The number of pyridine rings is 1. The first-order chi connectivity index (χ1) is 13.4. The summed E-state index contributed by atoms with van der Waals surface area (Å²) >= 11 is 1.50. The molecule has 0 aliphatic carbocycles. The van der Waals surface area contributed by atoms with E-state index >= 15 is 0 Å². The lowest BCUT2D eigenvalue weighted by atomic mass is 10.3. The summed E-state index contributed by atoms with van der Waals surface area (Å²) < 4.78 is 34.0. The third-order valence-electron chi connectivity index (χ3n) is 4.23. The van der Waals surface area contributed by atoms with Gasteiger partial charge < -0.3 is 4.42 Å². The van der Waals surface area contributed by atoms with Gasteiger partial charge in [-0.15, -0.1) is 11.3 Å². The summed E-state index contributed by atoms with van der Waals surface area (Å²) in [6, 6.07) is 8.11. The summed E-state index contributed by atoms with van der Waals surface area (Å²) in [7, 11) is -2.16. The third-order valence-corrected chi connectivity index (χ3v) is 6.63. The molecule has 1 aromatic carbocycles. The minimum absolute atomic E-state index is 0.0464. The van der Waals surface area contributed by atoms with Gasteiger partial charge in [-0.2, -0.15) is 0 Å². The van der Waals surface area contributed by atoms with Crippen molar-refractivity contribution < 1.29 is 12.8 Å². The van der Waals surface area contributed by atoms with Crippen molar-refractivity contribution >= 4 is 32.5 Å². The Hall–Kier alpha value is -2.82. The molecule has 0 aliphatic rings. The lowest BCUT2D eigenvalue weighted by Crippen LogP contribution is -2.26. The molecular weight excluding hydrogens is 400 g/mol. The summed E-state index contributed by atoms with van der Waals surface area (Å²) in [6.07, 6.45) is 3.87. The molecule has 0 aliphatic heterocycles. The average Bonchev–Trinajstić information content (AvgIpc) is 3.27. The van der Waals surface area contributed by atoms with Gasteiger partial charge in [0.15, 0.2) is 5.58 Å². The zero-order chi connectivity index (χ0) is 19.7. The molecule has 4 aromatic rings. The number of sulfonamides is 1. The first-order valence-corrected chi connectivity index (χ1v) is 10.7. The highest BCUT2D eigenvalue weighted by molar-refractivity contribution is 7.89. The molecule has 1 N–H and O–H groups in total. The molecule has 0 bridgehead atoms. The number of hydrogen-bond donors (Lipinski definition) is 1. The van der Waals surface area contributed by atoms with Gasteiger partial charge in [-0.1, -0.05) is 0 Å². The van der Waals surface area contributed by atoms with Crippen molar-refractivity contribution in [1.29, 1.82) is 0 Å². The van der Waals surface area contributed by atoms with Gasteiger partial charge in [-0.3, -0.25) is 9.55 Å². The van der Waals surface area contributed by atoms with Crippen LogP contribution in [0.3, 0.4) is 0 Å². The highest BCUT2D eigenvalue weighted by Gasteiger charge is 2.17. The molecule has 0 spiro atoms. The molecule has 10 heteroatoms. The highest BCUT2D eigenvalue weighted by Crippen LogP contribution is 2.23. The second-order valence-electron chi connectivity index (χ2n) is 6.08. The van der Waals surface area contributed by atoms with E-state index in [-0.39, 0.29) is 17.0 Å². The highest BCUT2D eigenvalue weighted by atomic mass is 32.2. The van der Waals surface area contributed by atoms with Crippen LogP contribution < -0.4 is 10.5 Å². The van der Waals surface area contributed by atoms with Crippen molar-refractivity contribution in [2.24, 2.45) is 7.05 Å². The maximum Gasteiger partial charge on any atom is 0.419 e. The van der Waals surface area contributed by atoms with Crippen molar-refractivity contribution in [3.8, 4) is 10.6 Å². The number of aryl methyl sites for hydroxylation is 1. The van der Waals surface area contributed by atoms with E-state index in [1.165, 1.54) is 28.0 Å². The lowest BCUT2D eigenvalue weighted by molar-refractivity contribution is 0.527. The SMILES string of the molecule is Cn1c(=O)oc2cc(S(=O)(=O)NCCc3csc(-c4ccncc4)n3)ccc21. The summed E-state index contributed by atoms with van der Waals surface area (Å²) in [4.78, 5) is 20.1. The van der Waals surface area contributed by atoms with Crippen LogP contribution in [0.25, 0.3) is 21.7 Å². The van der Waals surface area contributed by atoms with Gasteiger partial charge in [-0.05, 0) is 24.3 Å². The van der Waals surface area contributed by atoms with Crippen molar-refractivity contribution in [3.05, 3.63) is 64.4 Å². The zero-order valence-corrected chi connectivity index (χ0v) is 16.5. The Labute approximate surface area is 164 Å². The van der Waals surface area contributed by atoms with Gasteiger partial charge in [-0.25, -0.2) is 22.9 Å². The summed E-state index contributed by atoms with van der Waals surface area (Å²) in [5.41, 5.74) is 2.56. The summed E-state index contributed by atoms with van der Waals surface area (Å²) in [5.74, 6) is -0.536. The van der Waals surface area contributed by atoms with E-state index in [9.17, 15) is 13.2 Å². The monoisotopic (exact) mass is 416 g/mol. The number of fused-ring (bicyclic) bond motifs is 1. The van der Waals surface area contributed by atoms with E-state index in [0.29, 0.717) is 11.9 Å². The number of aromatic nitrogens is 3. The largest absolute Gasteiger partial charge is 0.419 e. The van der Waals surface area contributed by atoms with Crippen LogP contribution in [0.15, 0.2) is 62.2 Å². The average molecular weight is 416 g/mol. The minimum Gasteiger partial charge on any atom is -0.408 e. The van der Waals surface area contributed by atoms with Crippen molar-refractivity contribution in [1.82, 2.24) is 19.3 Å². The Morgan fingerprint density at radius 2 is 2.00 bits per heavy atom. The smallest absolute Gasteiger partial charge is 0.408 e. The van der Waals surface area contributed by atoms with Crippen LogP contribution in [0.2, 0.25) is 0 Å². The van der Waals surface area contributed by atoms with Crippen LogP contribution in [0.1, 0.15) is 5.69 Å². The number of thiazole rings is 1. The van der Waals surface area contributed by atoms with Gasteiger partial charge in [0, 0.05) is 49.4 Å². The van der Waals surface area contributed by atoms with Crippen LogP contribution in [0.4, 0.5) is 0 Å². The number of hydrogen-bond acceptors (Lipinski definition) is 7. The molecule has 8 nitrogen and oxygen atoms in total. The summed E-state index contributed by atoms with van der Waals surface area (Å²) in [6.45, 7) is 0.207. The molecule has 4 rings (SSSR count). The normalized spacial score (nSPS) is 11.9. The second kappa shape index (κ2) is 7.30. The molecule has 0 fully saturated rings. The predicted molar refractivity (Wildman–Crippen MR) is 106 cm³/mol. The molecule has 0 atom stereocenters. The summed E-state index contributed by atoms with van der Waals surface area (Å²) in [5, 5.41) is 2.78. The molecule has 0 amide bonds. The topological polar surface area (TPSA) is 107 Å². The second-order valence-corrected chi connectivity index (χ2v) is 8.71. The van der Waals surface area contributed by atoms with Gasteiger partial charge >= 0.3 is 5.76 Å². The maximum absolute atomic E-state index is 12.5. The first kappa shape index (κ1) is 18.5. The quantitative estimate of drug-likeness (QED) is 0.516. The number of nitrogens with one attached hydrogen (secondary N) is 1. The van der Waals surface area contributed by atoms with Gasteiger partial charge in [0.2, 0.25) is 10.0 Å². The van der Waals surface area contributed by atoms with Crippen LogP contribution >= 0.6 is 11.3 Å². The molecule has 3 heterocycles. The molecule has 28 heavy (non-hydrogen) atoms.